The molecule has 1 heteroatoms. The van der Waals surface area contributed by atoms with E-state index < -0.39 is 5.41 Å². The summed E-state index contributed by atoms with van der Waals surface area (Å²) in [5.74, 6) is 0. The first kappa shape index (κ1) is 41.4. The number of hydrogen-bond donors (Lipinski definition) is 0. The highest BCUT2D eigenvalue weighted by atomic mass is 15.1. The quantitative estimate of drug-likeness (QED) is 0.140. The van der Waals surface area contributed by atoms with Gasteiger partial charge in [-0.25, -0.2) is 0 Å². The van der Waals surface area contributed by atoms with E-state index in [4.69, 9.17) is 0 Å². The van der Waals surface area contributed by atoms with Gasteiger partial charge in [0.25, 0.3) is 0 Å². The van der Waals surface area contributed by atoms with Gasteiger partial charge >= 0.3 is 0 Å². The number of para-hydroxylation sites is 2. The molecule has 11 aromatic carbocycles. The lowest BCUT2D eigenvalue weighted by Crippen LogP contribution is -2.28. The SMILES string of the molecule is CC1(c2ccccc2)c2ccccc2-c2ccc(N(c3ccccc3-c3ccc(-c4ccccc4)cc3)c3ccccc3-c3ccc4c(c3)C(c3ccccc3)(c3ccccc3)c3ccccc3-4)cc21. The fourth-order valence-electron chi connectivity index (χ4n) is 12.0. The Kier molecular flexibility index (Phi) is 9.92. The molecule has 0 N–H and O–H groups in total. The highest BCUT2D eigenvalue weighted by Gasteiger charge is 2.46. The zero-order valence-electron chi connectivity index (χ0n) is 39.0. The van der Waals surface area contributed by atoms with Crippen molar-refractivity contribution < 1.29 is 0 Å². The molecule has 0 spiro atoms. The fourth-order valence-corrected chi connectivity index (χ4v) is 12.0. The Morgan fingerprint density at radius 2 is 0.657 bits per heavy atom. The van der Waals surface area contributed by atoms with Crippen molar-refractivity contribution in [3.63, 3.8) is 0 Å². The summed E-state index contributed by atoms with van der Waals surface area (Å²) in [6.45, 7) is 2.41. The van der Waals surface area contributed by atoms with Crippen LogP contribution in [0.4, 0.5) is 17.1 Å². The summed E-state index contributed by atoms with van der Waals surface area (Å²) in [4.78, 5) is 2.52. The molecule has 1 nitrogen and oxygen atoms in total. The first-order valence-corrected chi connectivity index (χ1v) is 24.4. The van der Waals surface area contributed by atoms with Crippen LogP contribution in [0, 0.1) is 0 Å². The summed E-state index contributed by atoms with van der Waals surface area (Å²) in [7, 11) is 0. The lowest BCUT2D eigenvalue weighted by molar-refractivity contribution is 0.714. The van der Waals surface area contributed by atoms with Crippen LogP contribution in [-0.2, 0) is 10.8 Å². The maximum Gasteiger partial charge on any atom is 0.0713 e. The second-order valence-corrected chi connectivity index (χ2v) is 18.9. The second kappa shape index (κ2) is 16.8. The largest absolute Gasteiger partial charge is 0.309 e. The van der Waals surface area contributed by atoms with Crippen molar-refractivity contribution in [1.82, 2.24) is 0 Å². The first-order chi connectivity index (χ1) is 34.6. The Labute approximate surface area is 411 Å². The van der Waals surface area contributed by atoms with Crippen molar-refractivity contribution in [3.8, 4) is 55.6 Å². The second-order valence-electron chi connectivity index (χ2n) is 18.9. The van der Waals surface area contributed by atoms with E-state index >= 15 is 0 Å². The number of nitrogens with zero attached hydrogens (tertiary/aromatic N) is 1. The molecule has 0 saturated carbocycles. The number of benzene rings is 11. The fraction of sp³-hybridized carbons (Fsp3) is 0.0435. The smallest absolute Gasteiger partial charge is 0.0713 e. The van der Waals surface area contributed by atoms with Gasteiger partial charge in [-0.1, -0.05) is 249 Å². The zero-order valence-corrected chi connectivity index (χ0v) is 39.0. The van der Waals surface area contributed by atoms with E-state index in [1.54, 1.807) is 0 Å². The summed E-state index contributed by atoms with van der Waals surface area (Å²) < 4.78 is 0. The molecule has 11 aromatic rings. The van der Waals surface area contributed by atoms with Crippen molar-refractivity contribution in [2.24, 2.45) is 0 Å². The molecule has 0 aliphatic heterocycles. The number of fused-ring (bicyclic) bond motifs is 6. The number of anilines is 3. The Bertz CT molecular complexity index is 3670. The minimum Gasteiger partial charge on any atom is -0.309 e. The van der Waals surface area contributed by atoms with Crippen LogP contribution >= 0.6 is 0 Å². The highest BCUT2D eigenvalue weighted by Crippen LogP contribution is 2.58. The molecule has 0 bridgehead atoms. The zero-order chi connectivity index (χ0) is 46.7. The monoisotopic (exact) mass is 891 g/mol. The van der Waals surface area contributed by atoms with Crippen molar-refractivity contribution in [1.29, 1.82) is 0 Å². The molecule has 2 aliphatic rings. The van der Waals surface area contributed by atoms with Gasteiger partial charge in [-0.15, -0.1) is 0 Å². The maximum absolute atomic E-state index is 2.52. The Morgan fingerprint density at radius 1 is 0.257 bits per heavy atom. The Morgan fingerprint density at radius 3 is 1.27 bits per heavy atom. The van der Waals surface area contributed by atoms with E-state index in [0.29, 0.717) is 0 Å². The van der Waals surface area contributed by atoms with Crippen LogP contribution in [0.3, 0.4) is 0 Å². The van der Waals surface area contributed by atoms with E-state index in [9.17, 15) is 0 Å². The molecule has 13 rings (SSSR count). The van der Waals surface area contributed by atoms with Gasteiger partial charge in [0.1, 0.15) is 0 Å². The van der Waals surface area contributed by atoms with Gasteiger partial charge in [-0.05, 0) is 121 Å². The standard InChI is InChI=1S/C69H49N/c1-68(52-24-8-3-9-25-52)62-34-18-14-32-58(62)60-45-43-55(47-64(60)68)70(66-36-20-16-30-56(66)50-40-38-49(39-41-50)48-22-6-2-7-23-48)67-37-21-17-31-57(67)51-42-44-61-59-33-15-19-35-63(59)69(65(61)46-51,53-26-10-4-11-27-53)54-28-12-5-13-29-54/h2-47H,1H3. The van der Waals surface area contributed by atoms with Gasteiger partial charge < -0.3 is 4.90 Å². The third-order valence-corrected chi connectivity index (χ3v) is 15.3. The summed E-state index contributed by atoms with van der Waals surface area (Å²) in [5, 5.41) is 0. The van der Waals surface area contributed by atoms with E-state index in [1.165, 1.54) is 72.3 Å². The third-order valence-electron chi connectivity index (χ3n) is 15.3. The van der Waals surface area contributed by atoms with Crippen molar-refractivity contribution in [2.45, 2.75) is 17.8 Å². The van der Waals surface area contributed by atoms with Crippen LogP contribution < -0.4 is 4.90 Å². The Hall–Kier alpha value is -8.78. The molecule has 330 valence electrons. The van der Waals surface area contributed by atoms with E-state index in [1.807, 2.05) is 0 Å². The average Bonchev–Trinajstić information content (AvgIpc) is 3.88. The van der Waals surface area contributed by atoms with E-state index in [2.05, 4.69) is 291 Å². The van der Waals surface area contributed by atoms with Crippen LogP contribution in [0.5, 0.6) is 0 Å². The molecule has 1 atom stereocenters. The van der Waals surface area contributed by atoms with Gasteiger partial charge in [-0.3, -0.25) is 0 Å². The molecule has 0 heterocycles. The molecule has 1 unspecified atom stereocenters. The summed E-state index contributed by atoms with van der Waals surface area (Å²) in [6.07, 6.45) is 0. The predicted octanol–water partition coefficient (Wildman–Crippen LogP) is 17.9. The lowest BCUT2D eigenvalue weighted by atomic mass is 9.67. The maximum atomic E-state index is 2.52. The van der Waals surface area contributed by atoms with Crippen molar-refractivity contribution in [2.75, 3.05) is 4.90 Å². The van der Waals surface area contributed by atoms with Gasteiger partial charge in [0.15, 0.2) is 0 Å². The van der Waals surface area contributed by atoms with Gasteiger partial charge in [0.05, 0.1) is 16.8 Å². The predicted molar refractivity (Wildman–Crippen MR) is 292 cm³/mol. The minimum atomic E-state index is -0.519. The summed E-state index contributed by atoms with van der Waals surface area (Å²) in [5.41, 5.74) is 23.6. The minimum absolute atomic E-state index is 0.367. The summed E-state index contributed by atoms with van der Waals surface area (Å²) >= 11 is 0. The number of hydrogen-bond acceptors (Lipinski definition) is 1. The molecule has 0 radical (unpaired) electrons. The molecule has 0 fully saturated rings. The van der Waals surface area contributed by atoms with Crippen molar-refractivity contribution >= 4 is 17.1 Å². The van der Waals surface area contributed by atoms with Gasteiger partial charge in [-0.2, -0.15) is 0 Å². The highest BCUT2D eigenvalue weighted by molar-refractivity contribution is 5.97. The lowest BCUT2D eigenvalue weighted by Gasteiger charge is -2.34. The normalized spacial score (nSPS) is 14.8. The molecule has 0 amide bonds. The van der Waals surface area contributed by atoms with E-state index in [-0.39, 0.29) is 5.41 Å². The van der Waals surface area contributed by atoms with Crippen LogP contribution in [0.25, 0.3) is 55.6 Å². The number of rotatable bonds is 9. The van der Waals surface area contributed by atoms with Crippen molar-refractivity contribution in [3.05, 3.63) is 318 Å². The molecule has 0 aromatic heterocycles. The molecule has 2 aliphatic carbocycles. The van der Waals surface area contributed by atoms with Crippen LogP contribution in [-0.4, -0.2) is 0 Å². The van der Waals surface area contributed by atoms with Crippen LogP contribution in [0.1, 0.15) is 45.9 Å². The van der Waals surface area contributed by atoms with Crippen LogP contribution in [0.2, 0.25) is 0 Å². The van der Waals surface area contributed by atoms with E-state index in [0.717, 1.165) is 39.3 Å². The molecular formula is C69H49N. The van der Waals surface area contributed by atoms with Gasteiger partial charge in [0, 0.05) is 22.2 Å². The third kappa shape index (κ3) is 6.39. The average molecular weight is 892 g/mol. The first-order valence-electron chi connectivity index (χ1n) is 24.4. The Balaban J connectivity index is 1.05. The van der Waals surface area contributed by atoms with Gasteiger partial charge in [0.2, 0.25) is 0 Å². The molecular weight excluding hydrogens is 843 g/mol. The molecule has 70 heavy (non-hydrogen) atoms. The van der Waals surface area contributed by atoms with Crippen LogP contribution in [0.15, 0.2) is 279 Å². The summed E-state index contributed by atoms with van der Waals surface area (Å²) in [6, 6.07) is 103. The topological polar surface area (TPSA) is 3.24 Å². The molecule has 0 saturated heterocycles.